The summed E-state index contributed by atoms with van der Waals surface area (Å²) in [4.78, 5) is 10.3. The van der Waals surface area contributed by atoms with Crippen LogP contribution in [0, 0.1) is 0 Å². The standard InChI is InChI=1S/C13H15BrO2/c14-10-2-4-12-8-6-11(7-9-12)3-1-5-13(15)16/h2,4,6-9H,1,3,5,10H2,(H,15,16). The fourth-order valence-corrected chi connectivity index (χ4v) is 1.61. The second-order valence-electron chi connectivity index (χ2n) is 3.55. The zero-order valence-electron chi connectivity index (χ0n) is 9.03. The summed E-state index contributed by atoms with van der Waals surface area (Å²) in [5.74, 6) is -0.725. The lowest BCUT2D eigenvalue weighted by Gasteiger charge is -2.00. The van der Waals surface area contributed by atoms with Gasteiger partial charge in [-0.15, -0.1) is 0 Å². The van der Waals surface area contributed by atoms with E-state index in [-0.39, 0.29) is 6.42 Å². The zero-order chi connectivity index (χ0) is 11.8. The van der Waals surface area contributed by atoms with E-state index < -0.39 is 5.97 Å². The van der Waals surface area contributed by atoms with E-state index in [0.717, 1.165) is 11.8 Å². The van der Waals surface area contributed by atoms with Crippen LogP contribution >= 0.6 is 15.9 Å². The fourth-order valence-electron chi connectivity index (χ4n) is 1.42. The predicted molar refractivity (Wildman–Crippen MR) is 69.8 cm³/mol. The highest BCUT2D eigenvalue weighted by Crippen LogP contribution is 2.09. The quantitative estimate of drug-likeness (QED) is 0.811. The normalized spacial score (nSPS) is 10.8. The Labute approximate surface area is 104 Å². The van der Waals surface area contributed by atoms with Gasteiger partial charge in [0, 0.05) is 11.8 Å². The number of rotatable bonds is 6. The number of carbonyl (C=O) groups is 1. The van der Waals surface area contributed by atoms with Gasteiger partial charge in [0.25, 0.3) is 0 Å². The second kappa shape index (κ2) is 7.23. The van der Waals surface area contributed by atoms with Gasteiger partial charge in [0.15, 0.2) is 0 Å². The molecule has 0 aliphatic rings. The number of aliphatic carboxylic acids is 1. The lowest BCUT2D eigenvalue weighted by atomic mass is 10.1. The van der Waals surface area contributed by atoms with Crippen molar-refractivity contribution in [2.75, 3.05) is 5.33 Å². The molecule has 1 aromatic rings. The Hall–Kier alpha value is -1.09. The number of benzene rings is 1. The molecule has 0 aliphatic heterocycles. The van der Waals surface area contributed by atoms with Crippen molar-refractivity contribution in [1.29, 1.82) is 0 Å². The van der Waals surface area contributed by atoms with Crippen molar-refractivity contribution in [3.05, 3.63) is 41.5 Å². The largest absolute Gasteiger partial charge is 0.481 e. The average molecular weight is 283 g/mol. The molecule has 1 rings (SSSR count). The molecule has 0 spiro atoms. The van der Waals surface area contributed by atoms with Gasteiger partial charge >= 0.3 is 5.97 Å². The first kappa shape index (κ1) is 13.0. The molecule has 0 fully saturated rings. The third kappa shape index (κ3) is 5.12. The van der Waals surface area contributed by atoms with Crippen LogP contribution in [0.1, 0.15) is 24.0 Å². The van der Waals surface area contributed by atoms with Gasteiger partial charge in [-0.25, -0.2) is 0 Å². The highest BCUT2D eigenvalue weighted by atomic mass is 79.9. The maximum absolute atomic E-state index is 10.3. The van der Waals surface area contributed by atoms with Gasteiger partial charge in [-0.1, -0.05) is 52.3 Å². The molecule has 3 heteroatoms. The van der Waals surface area contributed by atoms with Crippen LogP contribution in [-0.4, -0.2) is 16.4 Å². The minimum atomic E-state index is -0.725. The molecule has 0 radical (unpaired) electrons. The van der Waals surface area contributed by atoms with Crippen molar-refractivity contribution >= 4 is 28.0 Å². The summed E-state index contributed by atoms with van der Waals surface area (Å²) in [5.41, 5.74) is 2.36. The van der Waals surface area contributed by atoms with Gasteiger partial charge in [-0.2, -0.15) is 0 Å². The van der Waals surface area contributed by atoms with Crippen LogP contribution in [0.5, 0.6) is 0 Å². The highest BCUT2D eigenvalue weighted by Gasteiger charge is 1.98. The van der Waals surface area contributed by atoms with Gasteiger partial charge in [0.05, 0.1) is 0 Å². The van der Waals surface area contributed by atoms with Gasteiger partial charge in [-0.05, 0) is 24.0 Å². The number of carboxylic acids is 1. The molecule has 0 heterocycles. The highest BCUT2D eigenvalue weighted by molar-refractivity contribution is 9.09. The summed E-state index contributed by atoms with van der Waals surface area (Å²) in [7, 11) is 0. The number of hydrogen-bond donors (Lipinski definition) is 1. The van der Waals surface area contributed by atoms with E-state index in [1.807, 2.05) is 6.08 Å². The lowest BCUT2D eigenvalue weighted by Crippen LogP contribution is -1.95. The summed E-state index contributed by atoms with van der Waals surface area (Å²) in [6, 6.07) is 8.20. The van der Waals surface area contributed by atoms with Crippen molar-refractivity contribution in [3.63, 3.8) is 0 Å². The van der Waals surface area contributed by atoms with Crippen molar-refractivity contribution in [3.8, 4) is 0 Å². The molecule has 0 saturated carbocycles. The average Bonchev–Trinajstić information content (AvgIpc) is 2.27. The Morgan fingerprint density at radius 3 is 2.56 bits per heavy atom. The number of halogens is 1. The Bertz CT molecular complexity index is 355. The van der Waals surface area contributed by atoms with E-state index in [4.69, 9.17) is 5.11 Å². The molecule has 0 atom stereocenters. The van der Waals surface area contributed by atoms with E-state index >= 15 is 0 Å². The van der Waals surface area contributed by atoms with E-state index in [1.165, 1.54) is 11.1 Å². The molecule has 0 saturated heterocycles. The fraction of sp³-hybridized carbons (Fsp3) is 0.308. The molecule has 0 amide bonds. The number of aryl methyl sites for hydroxylation is 1. The van der Waals surface area contributed by atoms with E-state index in [0.29, 0.717) is 6.42 Å². The summed E-state index contributed by atoms with van der Waals surface area (Å²) in [6.07, 6.45) is 5.86. The molecule has 0 aliphatic carbocycles. The molecule has 0 bridgehead atoms. The minimum absolute atomic E-state index is 0.241. The third-order valence-corrected chi connectivity index (χ3v) is 2.61. The third-order valence-electron chi connectivity index (χ3n) is 2.24. The number of carboxylic acid groups (broad SMARTS) is 1. The summed E-state index contributed by atoms with van der Waals surface area (Å²) < 4.78 is 0. The van der Waals surface area contributed by atoms with Crippen LogP contribution in [0.3, 0.4) is 0 Å². The molecule has 86 valence electrons. The maximum atomic E-state index is 10.3. The maximum Gasteiger partial charge on any atom is 0.303 e. The van der Waals surface area contributed by atoms with Gasteiger partial charge < -0.3 is 5.11 Å². The molecular weight excluding hydrogens is 268 g/mol. The van der Waals surface area contributed by atoms with E-state index in [1.54, 1.807) is 0 Å². The predicted octanol–water partition coefficient (Wildman–Crippen LogP) is 3.50. The zero-order valence-corrected chi connectivity index (χ0v) is 10.6. The molecule has 2 nitrogen and oxygen atoms in total. The van der Waals surface area contributed by atoms with E-state index in [2.05, 4.69) is 46.3 Å². The molecule has 16 heavy (non-hydrogen) atoms. The first-order valence-electron chi connectivity index (χ1n) is 5.25. The topological polar surface area (TPSA) is 37.3 Å². The Balaban J connectivity index is 2.45. The number of allylic oxidation sites excluding steroid dienone is 1. The summed E-state index contributed by atoms with van der Waals surface area (Å²) in [6.45, 7) is 0. The van der Waals surface area contributed by atoms with Gasteiger partial charge in [0.1, 0.15) is 0 Å². The SMILES string of the molecule is O=C(O)CCCc1ccc(C=CCBr)cc1. The monoisotopic (exact) mass is 282 g/mol. The van der Waals surface area contributed by atoms with Crippen LogP contribution in [0.4, 0.5) is 0 Å². The molecule has 1 aromatic carbocycles. The molecular formula is C13H15BrO2. The van der Waals surface area contributed by atoms with Crippen LogP contribution in [0.15, 0.2) is 30.3 Å². The molecule has 0 aromatic heterocycles. The van der Waals surface area contributed by atoms with Crippen molar-refractivity contribution in [1.82, 2.24) is 0 Å². The van der Waals surface area contributed by atoms with Crippen molar-refractivity contribution < 1.29 is 9.90 Å². The number of alkyl halides is 1. The van der Waals surface area contributed by atoms with Gasteiger partial charge in [-0.3, -0.25) is 4.79 Å². The van der Waals surface area contributed by atoms with Crippen LogP contribution in [0.25, 0.3) is 6.08 Å². The second-order valence-corrected chi connectivity index (χ2v) is 4.19. The Kier molecular flexibility index (Phi) is 5.86. The smallest absolute Gasteiger partial charge is 0.303 e. The Morgan fingerprint density at radius 1 is 1.31 bits per heavy atom. The number of hydrogen-bond acceptors (Lipinski definition) is 1. The van der Waals surface area contributed by atoms with E-state index in [9.17, 15) is 4.79 Å². The molecule has 0 unspecified atom stereocenters. The lowest BCUT2D eigenvalue weighted by molar-refractivity contribution is -0.137. The van der Waals surface area contributed by atoms with Crippen LogP contribution < -0.4 is 0 Å². The van der Waals surface area contributed by atoms with Crippen LogP contribution in [0.2, 0.25) is 0 Å². The van der Waals surface area contributed by atoms with Gasteiger partial charge in [0.2, 0.25) is 0 Å². The van der Waals surface area contributed by atoms with Crippen LogP contribution in [-0.2, 0) is 11.2 Å². The first-order chi connectivity index (χ1) is 7.72. The summed E-state index contributed by atoms with van der Waals surface area (Å²) in [5, 5.41) is 9.37. The van der Waals surface area contributed by atoms with Crippen molar-refractivity contribution in [2.24, 2.45) is 0 Å². The van der Waals surface area contributed by atoms with Crippen molar-refractivity contribution in [2.45, 2.75) is 19.3 Å². The first-order valence-corrected chi connectivity index (χ1v) is 6.38. The Morgan fingerprint density at radius 2 is 2.00 bits per heavy atom. The minimum Gasteiger partial charge on any atom is -0.481 e. The molecule has 1 N–H and O–H groups in total. The summed E-state index contributed by atoms with van der Waals surface area (Å²) >= 11 is 3.33.